The fraction of sp³-hybridized carbons (Fsp3) is 0.400. The third-order valence-electron chi connectivity index (χ3n) is 2.22. The largest absolute Gasteiger partial charge is 0.492 e. The molecule has 0 aromatic heterocycles. The summed E-state index contributed by atoms with van der Waals surface area (Å²) in [6, 6.07) is 5.76. The van der Waals surface area contributed by atoms with E-state index in [4.69, 9.17) is 4.74 Å². The van der Waals surface area contributed by atoms with Gasteiger partial charge in [-0.1, -0.05) is 12.1 Å². The number of halogens is 1. The lowest BCUT2D eigenvalue weighted by Crippen LogP contribution is -1.96. The Morgan fingerprint density at radius 1 is 1.46 bits per heavy atom. The fourth-order valence-electron chi connectivity index (χ4n) is 1.55. The minimum atomic E-state index is -0.380. The summed E-state index contributed by atoms with van der Waals surface area (Å²) in [7, 11) is 0. The summed E-state index contributed by atoms with van der Waals surface area (Å²) < 4.78 is 6.46. The van der Waals surface area contributed by atoms with E-state index in [1.807, 2.05) is 18.2 Å². The van der Waals surface area contributed by atoms with E-state index in [1.54, 1.807) is 0 Å². The highest BCUT2D eigenvalue weighted by molar-refractivity contribution is 9.10. The standard InChI is InChI=1S/C10H11BrO2/c11-8-4-1-3-7-9(12)5-2-6-13-10(7)8/h1,3-4,9,12H,2,5-6H2/t9-/m0/s1. The van der Waals surface area contributed by atoms with Gasteiger partial charge in [0.15, 0.2) is 0 Å². The van der Waals surface area contributed by atoms with Gasteiger partial charge in [0, 0.05) is 5.56 Å². The number of aliphatic hydroxyl groups excluding tert-OH is 1. The normalized spacial score (nSPS) is 21.5. The van der Waals surface area contributed by atoms with Crippen LogP contribution in [0.25, 0.3) is 0 Å². The van der Waals surface area contributed by atoms with Crippen LogP contribution in [0.15, 0.2) is 22.7 Å². The summed E-state index contributed by atoms with van der Waals surface area (Å²) in [6.45, 7) is 0.687. The maximum Gasteiger partial charge on any atom is 0.139 e. The van der Waals surface area contributed by atoms with Crippen molar-refractivity contribution < 1.29 is 9.84 Å². The Bertz CT molecular complexity index is 312. The predicted molar refractivity (Wildman–Crippen MR) is 53.8 cm³/mol. The Morgan fingerprint density at radius 2 is 2.31 bits per heavy atom. The van der Waals surface area contributed by atoms with Gasteiger partial charge < -0.3 is 9.84 Å². The molecule has 2 rings (SSSR count). The molecular formula is C10H11BrO2. The number of aliphatic hydroxyl groups is 1. The first-order valence-electron chi connectivity index (χ1n) is 4.38. The number of rotatable bonds is 0. The smallest absolute Gasteiger partial charge is 0.139 e. The highest BCUT2D eigenvalue weighted by atomic mass is 79.9. The van der Waals surface area contributed by atoms with E-state index < -0.39 is 0 Å². The molecule has 1 heterocycles. The Morgan fingerprint density at radius 3 is 3.15 bits per heavy atom. The number of hydrogen-bond acceptors (Lipinski definition) is 2. The van der Waals surface area contributed by atoms with Crippen LogP contribution in [0.5, 0.6) is 5.75 Å². The summed E-state index contributed by atoms with van der Waals surface area (Å²) >= 11 is 3.41. The molecule has 1 aliphatic rings. The quantitative estimate of drug-likeness (QED) is 0.759. The minimum Gasteiger partial charge on any atom is -0.492 e. The molecule has 0 bridgehead atoms. The van der Waals surface area contributed by atoms with Crippen molar-refractivity contribution >= 4 is 15.9 Å². The first kappa shape index (κ1) is 9.03. The van der Waals surface area contributed by atoms with Crippen LogP contribution >= 0.6 is 15.9 Å². The lowest BCUT2D eigenvalue weighted by atomic mass is 10.1. The van der Waals surface area contributed by atoms with Crippen molar-refractivity contribution in [2.45, 2.75) is 18.9 Å². The molecule has 0 amide bonds. The zero-order chi connectivity index (χ0) is 9.26. The lowest BCUT2D eigenvalue weighted by molar-refractivity contribution is 0.167. The first-order chi connectivity index (χ1) is 6.29. The molecule has 13 heavy (non-hydrogen) atoms. The Balaban J connectivity index is 2.47. The van der Waals surface area contributed by atoms with Gasteiger partial charge >= 0.3 is 0 Å². The van der Waals surface area contributed by atoms with Crippen LogP contribution in [0.4, 0.5) is 0 Å². The second-order valence-electron chi connectivity index (χ2n) is 3.16. The van der Waals surface area contributed by atoms with Crippen molar-refractivity contribution in [2.75, 3.05) is 6.61 Å². The highest BCUT2D eigenvalue weighted by Crippen LogP contribution is 2.36. The van der Waals surface area contributed by atoms with Crippen molar-refractivity contribution in [3.8, 4) is 5.75 Å². The lowest BCUT2D eigenvalue weighted by Gasteiger charge is -2.11. The topological polar surface area (TPSA) is 29.5 Å². The van der Waals surface area contributed by atoms with Gasteiger partial charge in [-0.15, -0.1) is 0 Å². The third-order valence-corrected chi connectivity index (χ3v) is 2.85. The average molecular weight is 243 g/mol. The number of hydrogen-bond donors (Lipinski definition) is 1. The molecule has 0 spiro atoms. The van der Waals surface area contributed by atoms with Crippen LogP contribution in [-0.2, 0) is 0 Å². The molecule has 1 atom stereocenters. The SMILES string of the molecule is O[C@H]1CCCOc2c(Br)cccc21. The molecule has 2 nitrogen and oxygen atoms in total. The van der Waals surface area contributed by atoms with Crippen molar-refractivity contribution in [1.82, 2.24) is 0 Å². The van der Waals surface area contributed by atoms with Crippen LogP contribution in [0.2, 0.25) is 0 Å². The summed E-state index contributed by atoms with van der Waals surface area (Å²) in [6.07, 6.45) is 1.31. The number of benzene rings is 1. The van der Waals surface area contributed by atoms with Crippen molar-refractivity contribution in [3.63, 3.8) is 0 Å². The van der Waals surface area contributed by atoms with Crippen LogP contribution in [0.1, 0.15) is 24.5 Å². The molecule has 0 radical (unpaired) electrons. The van der Waals surface area contributed by atoms with E-state index in [0.29, 0.717) is 6.61 Å². The number of ether oxygens (including phenoxy) is 1. The molecule has 0 saturated heterocycles. The van der Waals surface area contributed by atoms with E-state index in [0.717, 1.165) is 28.6 Å². The van der Waals surface area contributed by atoms with Gasteiger partial charge in [0.25, 0.3) is 0 Å². The van der Waals surface area contributed by atoms with Crippen LogP contribution in [0, 0.1) is 0 Å². The second-order valence-corrected chi connectivity index (χ2v) is 4.02. The average Bonchev–Trinajstić information content (AvgIpc) is 2.30. The molecule has 0 aliphatic carbocycles. The molecule has 3 heteroatoms. The maximum absolute atomic E-state index is 9.76. The van der Waals surface area contributed by atoms with Crippen molar-refractivity contribution in [2.24, 2.45) is 0 Å². The van der Waals surface area contributed by atoms with Crippen molar-refractivity contribution in [1.29, 1.82) is 0 Å². The summed E-state index contributed by atoms with van der Waals surface area (Å²) in [5, 5.41) is 9.76. The maximum atomic E-state index is 9.76. The van der Waals surface area contributed by atoms with E-state index in [9.17, 15) is 5.11 Å². The Hall–Kier alpha value is -0.540. The van der Waals surface area contributed by atoms with Gasteiger partial charge in [-0.2, -0.15) is 0 Å². The molecule has 70 valence electrons. The molecular weight excluding hydrogens is 232 g/mol. The number of para-hydroxylation sites is 1. The third kappa shape index (κ3) is 1.71. The summed E-state index contributed by atoms with van der Waals surface area (Å²) in [5.74, 6) is 0.799. The molecule has 1 aromatic carbocycles. The molecule has 0 saturated carbocycles. The van der Waals surface area contributed by atoms with E-state index in [2.05, 4.69) is 15.9 Å². The molecule has 1 aromatic rings. The van der Waals surface area contributed by atoms with Gasteiger partial charge in [0.1, 0.15) is 5.75 Å². The zero-order valence-electron chi connectivity index (χ0n) is 7.16. The van der Waals surface area contributed by atoms with E-state index in [-0.39, 0.29) is 6.10 Å². The molecule has 0 fully saturated rings. The monoisotopic (exact) mass is 242 g/mol. The Labute approximate surface area is 85.7 Å². The van der Waals surface area contributed by atoms with Gasteiger partial charge in [0.2, 0.25) is 0 Å². The van der Waals surface area contributed by atoms with Crippen LogP contribution < -0.4 is 4.74 Å². The summed E-state index contributed by atoms with van der Waals surface area (Å²) in [5.41, 5.74) is 0.895. The van der Waals surface area contributed by atoms with Crippen LogP contribution in [-0.4, -0.2) is 11.7 Å². The summed E-state index contributed by atoms with van der Waals surface area (Å²) in [4.78, 5) is 0. The highest BCUT2D eigenvalue weighted by Gasteiger charge is 2.18. The Kier molecular flexibility index (Phi) is 2.56. The van der Waals surface area contributed by atoms with E-state index in [1.165, 1.54) is 0 Å². The van der Waals surface area contributed by atoms with E-state index >= 15 is 0 Å². The predicted octanol–water partition coefficient (Wildman–Crippen LogP) is 2.66. The zero-order valence-corrected chi connectivity index (χ0v) is 8.75. The fourth-order valence-corrected chi connectivity index (χ4v) is 2.04. The minimum absolute atomic E-state index is 0.380. The van der Waals surface area contributed by atoms with Gasteiger partial charge in [-0.25, -0.2) is 0 Å². The first-order valence-corrected chi connectivity index (χ1v) is 5.17. The molecule has 1 N–H and O–H groups in total. The molecule has 0 unspecified atom stereocenters. The number of fused-ring (bicyclic) bond motifs is 1. The van der Waals surface area contributed by atoms with Gasteiger partial charge in [-0.05, 0) is 34.8 Å². The van der Waals surface area contributed by atoms with Crippen molar-refractivity contribution in [3.05, 3.63) is 28.2 Å². The molecule has 1 aliphatic heterocycles. The second kappa shape index (κ2) is 3.68. The van der Waals surface area contributed by atoms with Gasteiger partial charge in [0.05, 0.1) is 17.2 Å². The van der Waals surface area contributed by atoms with Crippen LogP contribution in [0.3, 0.4) is 0 Å². The van der Waals surface area contributed by atoms with Gasteiger partial charge in [-0.3, -0.25) is 0 Å².